The van der Waals surface area contributed by atoms with E-state index in [9.17, 15) is 9.59 Å². The van der Waals surface area contributed by atoms with Gasteiger partial charge < -0.3 is 5.32 Å². The van der Waals surface area contributed by atoms with Gasteiger partial charge in [-0.05, 0) is 42.3 Å². The highest BCUT2D eigenvalue weighted by atomic mass is 79.9. The lowest BCUT2D eigenvalue weighted by atomic mass is 9.98. The van der Waals surface area contributed by atoms with Crippen molar-refractivity contribution in [3.8, 4) is 0 Å². The highest BCUT2D eigenvalue weighted by Crippen LogP contribution is 2.39. The van der Waals surface area contributed by atoms with Crippen LogP contribution in [-0.2, 0) is 9.59 Å². The molecule has 0 spiro atoms. The van der Waals surface area contributed by atoms with Crippen molar-refractivity contribution < 1.29 is 9.59 Å². The lowest BCUT2D eigenvalue weighted by molar-refractivity contribution is -0.121. The summed E-state index contributed by atoms with van der Waals surface area (Å²) >= 11 is 4.81. The molecular formula is C27H23BrN4O2S. The molecule has 0 fully saturated rings. The van der Waals surface area contributed by atoms with E-state index in [0.717, 1.165) is 21.3 Å². The normalized spacial score (nSPS) is 19.5. The second-order valence-electron chi connectivity index (χ2n) is 8.49. The van der Waals surface area contributed by atoms with E-state index >= 15 is 0 Å². The number of hydrogen-bond donors (Lipinski definition) is 1. The van der Waals surface area contributed by atoms with Gasteiger partial charge in [-0.15, -0.1) is 0 Å². The number of carbonyl (C=O) groups excluding carboxylic acids is 2. The zero-order valence-corrected chi connectivity index (χ0v) is 21.4. The van der Waals surface area contributed by atoms with E-state index in [-0.39, 0.29) is 24.3 Å². The van der Waals surface area contributed by atoms with Crippen LogP contribution in [0.15, 0.2) is 93.4 Å². The molecule has 2 aliphatic rings. The highest BCUT2D eigenvalue weighted by Gasteiger charge is 2.39. The second-order valence-corrected chi connectivity index (χ2v) is 10.6. The molecule has 0 radical (unpaired) electrons. The Kier molecular flexibility index (Phi) is 6.83. The van der Waals surface area contributed by atoms with E-state index in [0.29, 0.717) is 17.3 Å². The number of nitrogens with one attached hydrogen (secondary N) is 1. The molecule has 0 saturated heterocycles. The molecule has 2 atom stereocenters. The molecule has 35 heavy (non-hydrogen) atoms. The highest BCUT2D eigenvalue weighted by molar-refractivity contribution is 9.10. The van der Waals surface area contributed by atoms with Crippen molar-refractivity contribution in [3.63, 3.8) is 0 Å². The van der Waals surface area contributed by atoms with Crippen LogP contribution >= 0.6 is 27.7 Å². The summed E-state index contributed by atoms with van der Waals surface area (Å²) in [5.41, 5.74) is 4.97. The van der Waals surface area contributed by atoms with Crippen molar-refractivity contribution in [2.75, 3.05) is 5.32 Å². The fourth-order valence-corrected chi connectivity index (χ4v) is 5.38. The van der Waals surface area contributed by atoms with Crippen molar-refractivity contribution in [1.82, 2.24) is 5.01 Å². The van der Waals surface area contributed by atoms with Crippen molar-refractivity contribution in [3.05, 3.63) is 100 Å². The number of thioether (sulfide) groups is 1. The quantitative estimate of drug-likeness (QED) is 0.430. The SMILES string of the molecule is Cc1ccc(C2=NN(C3=NC(=O)[C@H](CC(=O)Nc4ccccc4)S3)[C@@H](c3ccc(Br)cc3)C2)cc1. The van der Waals surface area contributed by atoms with Gasteiger partial charge in [-0.2, -0.15) is 10.1 Å². The fraction of sp³-hybridized carbons (Fsp3) is 0.185. The number of aryl methyl sites for hydroxylation is 1. The first-order chi connectivity index (χ1) is 17.0. The smallest absolute Gasteiger partial charge is 0.262 e. The van der Waals surface area contributed by atoms with Crippen LogP contribution in [0.25, 0.3) is 0 Å². The van der Waals surface area contributed by atoms with Crippen LogP contribution < -0.4 is 5.32 Å². The van der Waals surface area contributed by atoms with E-state index in [1.807, 2.05) is 47.5 Å². The van der Waals surface area contributed by atoms with Gasteiger partial charge in [-0.3, -0.25) is 9.59 Å². The molecule has 2 amide bonds. The van der Waals surface area contributed by atoms with Gasteiger partial charge in [0.05, 0.1) is 11.8 Å². The average molecular weight is 547 g/mol. The van der Waals surface area contributed by atoms with Gasteiger partial charge in [0.2, 0.25) is 5.91 Å². The van der Waals surface area contributed by atoms with Crippen LogP contribution in [0.3, 0.4) is 0 Å². The van der Waals surface area contributed by atoms with Crippen LogP contribution in [0.4, 0.5) is 5.69 Å². The van der Waals surface area contributed by atoms with Gasteiger partial charge >= 0.3 is 0 Å². The zero-order chi connectivity index (χ0) is 24.4. The van der Waals surface area contributed by atoms with Crippen molar-refractivity contribution in [2.45, 2.75) is 31.1 Å². The molecule has 2 aliphatic heterocycles. The van der Waals surface area contributed by atoms with Gasteiger partial charge in [-0.25, -0.2) is 5.01 Å². The molecule has 1 N–H and O–H groups in total. The number of anilines is 1. The maximum Gasteiger partial charge on any atom is 0.262 e. The molecule has 176 valence electrons. The van der Waals surface area contributed by atoms with Crippen LogP contribution in [0.5, 0.6) is 0 Å². The third-order valence-electron chi connectivity index (χ3n) is 5.90. The maximum absolute atomic E-state index is 12.7. The Morgan fingerprint density at radius 3 is 2.49 bits per heavy atom. The number of hydrogen-bond acceptors (Lipinski definition) is 5. The Hall–Kier alpha value is -3.23. The summed E-state index contributed by atoms with van der Waals surface area (Å²) in [7, 11) is 0. The molecule has 0 aromatic heterocycles. The summed E-state index contributed by atoms with van der Waals surface area (Å²) in [6.45, 7) is 2.06. The van der Waals surface area contributed by atoms with Gasteiger partial charge in [0.1, 0.15) is 5.25 Å². The number of para-hydroxylation sites is 1. The number of hydrazone groups is 1. The molecule has 6 nitrogen and oxygen atoms in total. The summed E-state index contributed by atoms with van der Waals surface area (Å²) < 4.78 is 0.998. The molecule has 3 aromatic carbocycles. The van der Waals surface area contributed by atoms with E-state index in [4.69, 9.17) is 5.10 Å². The van der Waals surface area contributed by atoms with Crippen molar-refractivity contribution in [1.29, 1.82) is 0 Å². The minimum absolute atomic E-state index is 0.0523. The van der Waals surface area contributed by atoms with Gasteiger partial charge in [0.15, 0.2) is 5.17 Å². The molecule has 0 unspecified atom stereocenters. The molecule has 8 heteroatoms. The molecule has 5 rings (SSSR count). The summed E-state index contributed by atoms with van der Waals surface area (Å²) in [4.78, 5) is 29.6. The van der Waals surface area contributed by atoms with Crippen LogP contribution in [0.1, 0.15) is 35.6 Å². The van der Waals surface area contributed by atoms with Crippen LogP contribution in [0, 0.1) is 6.92 Å². The predicted molar refractivity (Wildman–Crippen MR) is 145 cm³/mol. The number of amides is 2. The third kappa shape index (κ3) is 5.39. The van der Waals surface area contributed by atoms with E-state index in [1.54, 1.807) is 0 Å². The van der Waals surface area contributed by atoms with Crippen LogP contribution in [0.2, 0.25) is 0 Å². The zero-order valence-electron chi connectivity index (χ0n) is 19.0. The Balaban J connectivity index is 1.36. The predicted octanol–water partition coefficient (Wildman–Crippen LogP) is 5.94. The standard InChI is InChI=1S/C27H23BrN4O2S/c1-17-7-9-18(10-8-17)22-15-23(19-11-13-20(28)14-12-19)32(31-22)27-30-26(34)24(35-27)16-25(33)29-21-5-3-2-4-6-21/h2-14,23-24H,15-16H2,1H3,(H,29,33)/t23-,24+/m1/s1. The Morgan fingerprint density at radius 2 is 1.77 bits per heavy atom. The Labute approximate surface area is 216 Å². The molecule has 0 aliphatic carbocycles. The van der Waals surface area contributed by atoms with E-state index in [1.165, 1.54) is 17.3 Å². The molecule has 0 saturated carbocycles. The first kappa shape index (κ1) is 23.5. The Morgan fingerprint density at radius 1 is 1.06 bits per heavy atom. The largest absolute Gasteiger partial charge is 0.326 e. The summed E-state index contributed by atoms with van der Waals surface area (Å²) in [5, 5.41) is 9.55. The van der Waals surface area contributed by atoms with Crippen molar-refractivity contribution >= 4 is 56.1 Å². The van der Waals surface area contributed by atoms with E-state index < -0.39 is 5.25 Å². The van der Waals surface area contributed by atoms with E-state index in [2.05, 4.69) is 69.6 Å². The number of nitrogens with zero attached hydrogens (tertiary/aromatic N) is 3. The number of rotatable bonds is 5. The monoisotopic (exact) mass is 546 g/mol. The fourth-order valence-electron chi connectivity index (χ4n) is 4.06. The van der Waals surface area contributed by atoms with Gasteiger partial charge in [-0.1, -0.05) is 87.9 Å². The molecule has 3 aromatic rings. The average Bonchev–Trinajstić information content (AvgIpc) is 3.45. The van der Waals surface area contributed by atoms with Crippen molar-refractivity contribution in [2.24, 2.45) is 10.1 Å². The number of benzene rings is 3. The van der Waals surface area contributed by atoms with Gasteiger partial charge in [0.25, 0.3) is 5.91 Å². The lowest BCUT2D eigenvalue weighted by Gasteiger charge is -2.23. The molecular weight excluding hydrogens is 524 g/mol. The topological polar surface area (TPSA) is 74.1 Å². The number of aliphatic imine (C=N–C) groups is 1. The summed E-state index contributed by atoms with van der Waals surface area (Å²) in [5.74, 6) is -0.519. The maximum atomic E-state index is 12.7. The first-order valence-corrected chi connectivity index (χ1v) is 13.0. The van der Waals surface area contributed by atoms with Crippen LogP contribution in [-0.4, -0.2) is 33.0 Å². The summed E-state index contributed by atoms with van der Waals surface area (Å²) in [6, 6.07) is 25.5. The summed E-state index contributed by atoms with van der Waals surface area (Å²) in [6.07, 6.45) is 0.744. The lowest BCUT2D eigenvalue weighted by Crippen LogP contribution is -2.25. The second kappa shape index (κ2) is 10.2. The van der Waals surface area contributed by atoms with Gasteiger partial charge in [0, 0.05) is 23.0 Å². The molecule has 2 heterocycles. The molecule has 0 bridgehead atoms. The Bertz CT molecular complexity index is 1310. The third-order valence-corrected chi connectivity index (χ3v) is 7.57. The number of amidine groups is 1. The number of carbonyl (C=O) groups is 2. The number of halogens is 1. The minimum Gasteiger partial charge on any atom is -0.326 e. The first-order valence-electron chi connectivity index (χ1n) is 11.3. The minimum atomic E-state index is -0.571.